The monoisotopic (exact) mass is 283 g/mol. The summed E-state index contributed by atoms with van der Waals surface area (Å²) >= 11 is 0. The molecule has 0 aliphatic carbocycles. The Kier molecular flexibility index (Phi) is 5.95. The third-order valence-corrected chi connectivity index (χ3v) is 2.52. The van der Waals surface area contributed by atoms with Crippen LogP contribution in [0.1, 0.15) is 20.8 Å². The van der Waals surface area contributed by atoms with Crippen molar-refractivity contribution in [2.75, 3.05) is 31.4 Å². The highest BCUT2D eigenvalue weighted by Gasteiger charge is 2.24. The molecule has 0 bridgehead atoms. The fourth-order valence-corrected chi connectivity index (χ4v) is 1.49. The number of carbonyl (C=O) groups excluding carboxylic acids is 1. The molecule has 1 rings (SSSR count). The first kappa shape index (κ1) is 15.9. The molecule has 0 spiro atoms. The van der Waals surface area contributed by atoms with Crippen LogP contribution in [0.25, 0.3) is 0 Å². The van der Waals surface area contributed by atoms with Gasteiger partial charge in [0.2, 0.25) is 11.9 Å². The van der Waals surface area contributed by atoms with E-state index >= 15 is 0 Å². The average Bonchev–Trinajstić information content (AvgIpc) is 2.43. The first-order chi connectivity index (χ1) is 9.51. The van der Waals surface area contributed by atoms with Gasteiger partial charge in [-0.1, -0.05) is 13.8 Å². The van der Waals surface area contributed by atoms with Crippen LogP contribution in [0.15, 0.2) is 0 Å². The first-order valence-electron chi connectivity index (χ1n) is 6.42. The van der Waals surface area contributed by atoms with E-state index < -0.39 is 6.04 Å². The van der Waals surface area contributed by atoms with Crippen LogP contribution in [0.3, 0.4) is 0 Å². The van der Waals surface area contributed by atoms with Crippen LogP contribution in [0.4, 0.5) is 11.9 Å². The third kappa shape index (κ3) is 4.22. The molecule has 0 fully saturated rings. The van der Waals surface area contributed by atoms with Crippen molar-refractivity contribution in [1.82, 2.24) is 15.0 Å². The average molecular weight is 283 g/mol. The Bertz CT molecular complexity index is 453. The predicted octanol–water partition coefficient (Wildman–Crippen LogP) is 0.921. The standard InChI is InChI=1S/C12H21N5O3/c1-6-20-12-16-10(13-4)15-11(17-12)14-8(7(2)3)9(18)19-5/h7-8H,6H2,1-5H3,(H2,13,14,15,16,17). The van der Waals surface area contributed by atoms with E-state index in [0.717, 1.165) is 0 Å². The van der Waals surface area contributed by atoms with E-state index in [1.165, 1.54) is 7.11 Å². The van der Waals surface area contributed by atoms with E-state index in [0.29, 0.717) is 12.6 Å². The van der Waals surface area contributed by atoms with Gasteiger partial charge in [0.15, 0.2) is 0 Å². The van der Waals surface area contributed by atoms with Crippen molar-refractivity contribution >= 4 is 17.9 Å². The molecule has 0 saturated carbocycles. The van der Waals surface area contributed by atoms with Crippen LogP contribution >= 0.6 is 0 Å². The van der Waals surface area contributed by atoms with E-state index in [-0.39, 0.29) is 23.8 Å². The number of carbonyl (C=O) groups is 1. The van der Waals surface area contributed by atoms with Crippen LogP contribution in [0.5, 0.6) is 6.01 Å². The van der Waals surface area contributed by atoms with E-state index in [2.05, 4.69) is 25.6 Å². The summed E-state index contributed by atoms with van der Waals surface area (Å²) in [5, 5.41) is 5.76. The molecular weight excluding hydrogens is 262 g/mol. The molecule has 0 amide bonds. The minimum absolute atomic E-state index is 0.0211. The molecular formula is C12H21N5O3. The number of nitrogens with one attached hydrogen (secondary N) is 2. The Morgan fingerprint density at radius 1 is 1.25 bits per heavy atom. The molecule has 0 aliphatic heterocycles. The second-order valence-corrected chi connectivity index (χ2v) is 4.34. The summed E-state index contributed by atoms with van der Waals surface area (Å²) in [6.07, 6.45) is 0. The molecule has 0 aliphatic rings. The Hall–Kier alpha value is -2.12. The SMILES string of the molecule is CCOc1nc(NC)nc(NC(C(=O)OC)C(C)C)n1. The molecule has 1 unspecified atom stereocenters. The maximum Gasteiger partial charge on any atom is 0.328 e. The lowest BCUT2D eigenvalue weighted by molar-refractivity contribution is -0.142. The maximum absolute atomic E-state index is 11.7. The first-order valence-corrected chi connectivity index (χ1v) is 6.42. The molecule has 1 heterocycles. The number of esters is 1. The molecule has 112 valence electrons. The van der Waals surface area contributed by atoms with Gasteiger partial charge in [0.05, 0.1) is 13.7 Å². The Balaban J connectivity index is 2.99. The number of ether oxygens (including phenoxy) is 2. The molecule has 0 saturated heterocycles. The summed E-state index contributed by atoms with van der Waals surface area (Å²) in [6, 6.07) is -0.344. The zero-order valence-electron chi connectivity index (χ0n) is 12.4. The number of nitrogens with zero attached hydrogens (tertiary/aromatic N) is 3. The van der Waals surface area contributed by atoms with Gasteiger partial charge in [-0.2, -0.15) is 15.0 Å². The molecule has 8 heteroatoms. The minimum Gasteiger partial charge on any atom is -0.467 e. The fraction of sp³-hybridized carbons (Fsp3) is 0.667. The van der Waals surface area contributed by atoms with Gasteiger partial charge in [0.1, 0.15) is 6.04 Å². The highest BCUT2D eigenvalue weighted by Crippen LogP contribution is 2.14. The zero-order chi connectivity index (χ0) is 15.1. The lowest BCUT2D eigenvalue weighted by Gasteiger charge is -2.20. The van der Waals surface area contributed by atoms with Crippen molar-refractivity contribution in [2.24, 2.45) is 5.92 Å². The van der Waals surface area contributed by atoms with E-state index in [1.807, 2.05) is 20.8 Å². The van der Waals surface area contributed by atoms with E-state index in [9.17, 15) is 4.79 Å². The maximum atomic E-state index is 11.7. The van der Waals surface area contributed by atoms with Crippen LogP contribution in [0.2, 0.25) is 0 Å². The van der Waals surface area contributed by atoms with Crippen molar-refractivity contribution in [1.29, 1.82) is 0 Å². The van der Waals surface area contributed by atoms with Crippen molar-refractivity contribution in [3.05, 3.63) is 0 Å². The van der Waals surface area contributed by atoms with Crippen molar-refractivity contribution in [2.45, 2.75) is 26.8 Å². The number of anilines is 2. The predicted molar refractivity (Wildman–Crippen MR) is 74.8 cm³/mol. The van der Waals surface area contributed by atoms with Gasteiger partial charge < -0.3 is 20.1 Å². The largest absolute Gasteiger partial charge is 0.467 e. The molecule has 2 N–H and O–H groups in total. The van der Waals surface area contributed by atoms with Gasteiger partial charge >= 0.3 is 12.0 Å². The topological polar surface area (TPSA) is 98.3 Å². The van der Waals surface area contributed by atoms with Gasteiger partial charge in [0, 0.05) is 7.05 Å². The minimum atomic E-state index is -0.540. The number of aromatic nitrogens is 3. The zero-order valence-corrected chi connectivity index (χ0v) is 12.4. The van der Waals surface area contributed by atoms with Crippen molar-refractivity contribution in [3.8, 4) is 6.01 Å². The number of rotatable bonds is 7. The highest BCUT2D eigenvalue weighted by molar-refractivity contribution is 5.78. The smallest absolute Gasteiger partial charge is 0.328 e. The summed E-state index contributed by atoms with van der Waals surface area (Å²) in [4.78, 5) is 24.0. The van der Waals surface area contributed by atoms with Crippen molar-refractivity contribution < 1.29 is 14.3 Å². The second kappa shape index (κ2) is 7.46. The summed E-state index contributed by atoms with van der Waals surface area (Å²) in [7, 11) is 3.03. The summed E-state index contributed by atoms with van der Waals surface area (Å²) < 4.78 is 10.0. The molecule has 20 heavy (non-hydrogen) atoms. The quantitative estimate of drug-likeness (QED) is 0.713. The molecule has 1 aromatic heterocycles. The third-order valence-electron chi connectivity index (χ3n) is 2.52. The van der Waals surface area contributed by atoms with E-state index in [1.54, 1.807) is 7.05 Å². The summed E-state index contributed by atoms with van der Waals surface area (Å²) in [6.45, 7) is 6.08. The van der Waals surface area contributed by atoms with Gasteiger partial charge in [-0.15, -0.1) is 0 Å². The number of hydrogen-bond donors (Lipinski definition) is 2. The van der Waals surface area contributed by atoms with Crippen molar-refractivity contribution in [3.63, 3.8) is 0 Å². The lowest BCUT2D eigenvalue weighted by atomic mass is 10.1. The molecule has 0 radical (unpaired) electrons. The summed E-state index contributed by atoms with van der Waals surface area (Å²) in [5.74, 6) is 0.271. The molecule has 1 atom stereocenters. The Morgan fingerprint density at radius 3 is 2.40 bits per heavy atom. The highest BCUT2D eigenvalue weighted by atomic mass is 16.5. The second-order valence-electron chi connectivity index (χ2n) is 4.34. The Morgan fingerprint density at radius 2 is 1.90 bits per heavy atom. The van der Waals surface area contributed by atoms with E-state index in [4.69, 9.17) is 9.47 Å². The van der Waals surface area contributed by atoms with Crippen LogP contribution in [-0.2, 0) is 9.53 Å². The van der Waals surface area contributed by atoms with Crippen LogP contribution in [-0.4, -0.2) is 47.7 Å². The van der Waals surface area contributed by atoms with Crippen LogP contribution in [0, 0.1) is 5.92 Å². The number of hydrogen-bond acceptors (Lipinski definition) is 8. The van der Waals surface area contributed by atoms with Gasteiger partial charge in [-0.05, 0) is 12.8 Å². The summed E-state index contributed by atoms with van der Waals surface area (Å²) in [5.41, 5.74) is 0. The number of methoxy groups -OCH3 is 1. The fourth-order valence-electron chi connectivity index (χ4n) is 1.49. The Labute approximate surface area is 118 Å². The van der Waals surface area contributed by atoms with Gasteiger partial charge in [-0.25, -0.2) is 4.79 Å². The van der Waals surface area contributed by atoms with Gasteiger partial charge in [0.25, 0.3) is 0 Å². The molecule has 8 nitrogen and oxygen atoms in total. The van der Waals surface area contributed by atoms with Gasteiger partial charge in [-0.3, -0.25) is 0 Å². The molecule has 0 aromatic carbocycles. The lowest BCUT2D eigenvalue weighted by Crippen LogP contribution is -2.36. The van der Waals surface area contributed by atoms with Crippen LogP contribution < -0.4 is 15.4 Å². The molecule has 1 aromatic rings. The normalized spacial score (nSPS) is 11.9.